The Labute approximate surface area is 138 Å². The second-order valence-corrected chi connectivity index (χ2v) is 5.51. The molecule has 0 atom stereocenters. The zero-order chi connectivity index (χ0) is 17.3. The molecule has 0 bridgehead atoms. The number of rotatable bonds is 2. The van der Waals surface area contributed by atoms with Crippen LogP contribution in [0.1, 0.15) is 37.9 Å². The van der Waals surface area contributed by atoms with Crippen molar-refractivity contribution in [2.24, 2.45) is 0 Å². The minimum atomic E-state index is -0.482. The molecule has 1 aromatic carbocycles. The molecule has 3 aromatic rings. The molecule has 0 fully saturated rings. The molecule has 6 nitrogen and oxygen atoms in total. The van der Waals surface area contributed by atoms with Crippen molar-refractivity contribution in [3.8, 4) is 0 Å². The monoisotopic (exact) mass is 323 g/mol. The Kier molecular flexibility index (Phi) is 4.04. The molecule has 0 saturated carbocycles. The topological polar surface area (TPSA) is 84.2 Å². The van der Waals surface area contributed by atoms with Gasteiger partial charge in [-0.25, -0.2) is 4.98 Å². The van der Waals surface area contributed by atoms with Crippen LogP contribution in [-0.2, 0) is 0 Å². The van der Waals surface area contributed by atoms with Crippen molar-refractivity contribution in [2.45, 2.75) is 20.8 Å². The summed E-state index contributed by atoms with van der Waals surface area (Å²) in [6.07, 6.45) is 0. The number of aromatic nitrogens is 1. The van der Waals surface area contributed by atoms with Crippen LogP contribution in [0.2, 0.25) is 0 Å². The van der Waals surface area contributed by atoms with Gasteiger partial charge in [-0.3, -0.25) is 20.4 Å². The molecular weight excluding hydrogens is 306 g/mol. The number of fused-ring (bicyclic) bond motifs is 1. The van der Waals surface area contributed by atoms with Gasteiger partial charge in [-0.15, -0.1) is 0 Å². The summed E-state index contributed by atoms with van der Waals surface area (Å²) in [5, 5.41) is 0.943. The van der Waals surface area contributed by atoms with E-state index in [0.29, 0.717) is 22.6 Å². The van der Waals surface area contributed by atoms with Crippen LogP contribution in [0.4, 0.5) is 0 Å². The average Bonchev–Trinajstić information content (AvgIpc) is 2.84. The molecule has 122 valence electrons. The van der Waals surface area contributed by atoms with Crippen molar-refractivity contribution in [1.29, 1.82) is 0 Å². The van der Waals surface area contributed by atoms with Gasteiger partial charge in [-0.1, -0.05) is 24.3 Å². The quantitative estimate of drug-likeness (QED) is 0.710. The lowest BCUT2D eigenvalue weighted by atomic mass is 10.1. The van der Waals surface area contributed by atoms with E-state index < -0.39 is 11.8 Å². The number of carbonyl (C=O) groups is 2. The van der Waals surface area contributed by atoms with E-state index in [1.54, 1.807) is 26.8 Å². The predicted molar refractivity (Wildman–Crippen MR) is 89.6 cm³/mol. The summed E-state index contributed by atoms with van der Waals surface area (Å²) in [6.45, 7) is 5.30. The summed E-state index contributed by atoms with van der Waals surface area (Å²) in [4.78, 5) is 28.7. The maximum Gasteiger partial charge on any atom is 0.288 e. The van der Waals surface area contributed by atoms with Gasteiger partial charge in [0.15, 0.2) is 0 Å². The third kappa shape index (κ3) is 2.86. The molecule has 2 aromatic heterocycles. The standard InChI is InChI=1S/C18H17N3O3/c1-10-11(2)24-12(3)16(10)18(23)21-20-17(22)15-9-8-13-6-4-5-7-14(13)19-15/h4-9H,1-3H3,(H,20,22)(H,21,23). The number of nitrogens with one attached hydrogen (secondary N) is 2. The van der Waals surface area contributed by atoms with Crippen molar-refractivity contribution in [2.75, 3.05) is 0 Å². The summed E-state index contributed by atoms with van der Waals surface area (Å²) in [6, 6.07) is 10.9. The molecule has 0 unspecified atom stereocenters. The minimum Gasteiger partial charge on any atom is -0.466 e. The third-order valence-electron chi connectivity index (χ3n) is 3.91. The molecule has 0 spiro atoms. The molecule has 2 heterocycles. The van der Waals surface area contributed by atoms with Gasteiger partial charge in [0, 0.05) is 10.9 Å². The van der Waals surface area contributed by atoms with E-state index in [9.17, 15) is 9.59 Å². The molecular formula is C18H17N3O3. The van der Waals surface area contributed by atoms with Crippen LogP contribution in [0.15, 0.2) is 40.8 Å². The largest absolute Gasteiger partial charge is 0.466 e. The molecule has 2 amide bonds. The van der Waals surface area contributed by atoms with Gasteiger partial charge >= 0.3 is 0 Å². The van der Waals surface area contributed by atoms with E-state index in [2.05, 4.69) is 15.8 Å². The van der Waals surface area contributed by atoms with Crippen molar-refractivity contribution >= 4 is 22.7 Å². The highest BCUT2D eigenvalue weighted by Crippen LogP contribution is 2.20. The lowest BCUT2D eigenvalue weighted by molar-refractivity contribution is 0.0843. The highest BCUT2D eigenvalue weighted by atomic mass is 16.3. The molecule has 3 rings (SSSR count). The number of nitrogens with zero attached hydrogens (tertiary/aromatic N) is 1. The van der Waals surface area contributed by atoms with Gasteiger partial charge in [0.2, 0.25) is 0 Å². The van der Waals surface area contributed by atoms with Crippen LogP contribution in [0.25, 0.3) is 10.9 Å². The fourth-order valence-corrected chi connectivity index (χ4v) is 2.56. The van der Waals surface area contributed by atoms with Gasteiger partial charge in [-0.05, 0) is 32.9 Å². The minimum absolute atomic E-state index is 0.228. The van der Waals surface area contributed by atoms with Gasteiger partial charge < -0.3 is 4.42 Å². The number of aryl methyl sites for hydroxylation is 2. The summed E-state index contributed by atoms with van der Waals surface area (Å²) in [5.41, 5.74) is 6.91. The lowest BCUT2D eigenvalue weighted by Crippen LogP contribution is -2.42. The Morgan fingerprint density at radius 3 is 2.33 bits per heavy atom. The Morgan fingerprint density at radius 1 is 0.917 bits per heavy atom. The normalized spacial score (nSPS) is 10.6. The smallest absolute Gasteiger partial charge is 0.288 e. The Hall–Kier alpha value is -3.15. The van der Waals surface area contributed by atoms with Crippen molar-refractivity contribution < 1.29 is 14.0 Å². The fourth-order valence-electron chi connectivity index (χ4n) is 2.56. The number of hydrogen-bond donors (Lipinski definition) is 2. The first-order valence-electron chi connectivity index (χ1n) is 7.50. The van der Waals surface area contributed by atoms with Gasteiger partial charge in [-0.2, -0.15) is 0 Å². The number of hydrazine groups is 1. The first-order valence-corrected chi connectivity index (χ1v) is 7.50. The van der Waals surface area contributed by atoms with Gasteiger partial charge in [0.25, 0.3) is 11.8 Å². The molecule has 24 heavy (non-hydrogen) atoms. The molecule has 0 aliphatic rings. The van der Waals surface area contributed by atoms with E-state index in [-0.39, 0.29) is 5.69 Å². The molecule has 2 N–H and O–H groups in total. The number of benzene rings is 1. The van der Waals surface area contributed by atoms with Crippen molar-refractivity contribution in [1.82, 2.24) is 15.8 Å². The van der Waals surface area contributed by atoms with Crippen molar-refractivity contribution in [3.05, 3.63) is 64.7 Å². The number of hydrogen-bond acceptors (Lipinski definition) is 4. The molecule has 6 heteroatoms. The first-order chi connectivity index (χ1) is 11.5. The van der Waals surface area contributed by atoms with Crippen molar-refractivity contribution in [3.63, 3.8) is 0 Å². The summed E-state index contributed by atoms with van der Waals surface area (Å²) in [5.74, 6) is 0.293. The van der Waals surface area contributed by atoms with E-state index in [0.717, 1.165) is 10.9 Å². The van der Waals surface area contributed by atoms with E-state index >= 15 is 0 Å². The number of furan rings is 1. The molecule has 0 saturated heterocycles. The number of pyridine rings is 1. The molecule has 0 aliphatic carbocycles. The summed E-state index contributed by atoms with van der Waals surface area (Å²) in [7, 11) is 0. The maximum absolute atomic E-state index is 12.2. The summed E-state index contributed by atoms with van der Waals surface area (Å²) < 4.78 is 5.42. The van der Waals surface area contributed by atoms with E-state index in [1.165, 1.54) is 0 Å². The molecule has 0 radical (unpaired) electrons. The number of carbonyl (C=O) groups excluding carboxylic acids is 2. The second-order valence-electron chi connectivity index (χ2n) is 5.51. The van der Waals surface area contributed by atoms with Crippen LogP contribution in [0, 0.1) is 20.8 Å². The number of amides is 2. The second kappa shape index (κ2) is 6.16. The van der Waals surface area contributed by atoms with Gasteiger partial charge in [0.05, 0.1) is 11.1 Å². The van der Waals surface area contributed by atoms with Crippen LogP contribution in [-0.4, -0.2) is 16.8 Å². The van der Waals surface area contributed by atoms with E-state index in [4.69, 9.17) is 4.42 Å². The van der Waals surface area contributed by atoms with E-state index in [1.807, 2.05) is 30.3 Å². The number of para-hydroxylation sites is 1. The highest BCUT2D eigenvalue weighted by Gasteiger charge is 2.19. The van der Waals surface area contributed by atoms with Crippen LogP contribution in [0.3, 0.4) is 0 Å². The first kappa shape index (κ1) is 15.7. The zero-order valence-electron chi connectivity index (χ0n) is 13.6. The lowest BCUT2D eigenvalue weighted by Gasteiger charge is -2.07. The van der Waals surface area contributed by atoms with Crippen LogP contribution in [0.5, 0.6) is 0 Å². The fraction of sp³-hybridized carbons (Fsp3) is 0.167. The predicted octanol–water partition coefficient (Wildman–Crippen LogP) is 2.83. The summed E-state index contributed by atoms with van der Waals surface area (Å²) >= 11 is 0. The SMILES string of the molecule is Cc1oc(C)c(C(=O)NNC(=O)c2ccc3ccccc3n2)c1C. The molecule has 0 aliphatic heterocycles. The Bertz CT molecular complexity index is 944. The average molecular weight is 323 g/mol. The third-order valence-corrected chi connectivity index (χ3v) is 3.91. The Balaban J connectivity index is 1.73. The van der Waals surface area contributed by atoms with Crippen LogP contribution < -0.4 is 10.9 Å². The highest BCUT2D eigenvalue weighted by molar-refractivity contribution is 6.00. The van der Waals surface area contributed by atoms with Gasteiger partial charge in [0.1, 0.15) is 17.2 Å². The Morgan fingerprint density at radius 2 is 1.62 bits per heavy atom. The van der Waals surface area contributed by atoms with Crippen LogP contribution >= 0.6 is 0 Å². The zero-order valence-corrected chi connectivity index (χ0v) is 13.6. The maximum atomic E-state index is 12.2.